The number of hydrogen-bond acceptors (Lipinski definition) is 5. The van der Waals surface area contributed by atoms with Gasteiger partial charge in [0.15, 0.2) is 16.1 Å². The Morgan fingerprint density at radius 3 is 2.07 bits per heavy atom. The second kappa shape index (κ2) is 14.0. The SMILES string of the molecule is CS(=O)(=O)c1cc(OCCCN(Cc2cccc(C(F)(F)F)c2)CC(c2ccccc2)c2ccccc2)cc(F)c1C=O. The zero-order valence-electron chi connectivity index (χ0n) is 23.4. The number of carbonyl (C=O) groups is 1. The Balaban J connectivity index is 1.56. The van der Waals surface area contributed by atoms with Crippen molar-refractivity contribution in [2.24, 2.45) is 0 Å². The third-order valence-corrected chi connectivity index (χ3v) is 8.11. The van der Waals surface area contributed by atoms with Gasteiger partial charge in [-0.15, -0.1) is 0 Å². The molecule has 0 aliphatic rings. The summed E-state index contributed by atoms with van der Waals surface area (Å²) in [5, 5.41) is 0. The zero-order chi connectivity index (χ0) is 31.0. The summed E-state index contributed by atoms with van der Waals surface area (Å²) in [5.74, 6) is -1.12. The summed E-state index contributed by atoms with van der Waals surface area (Å²) >= 11 is 0. The highest BCUT2D eigenvalue weighted by Gasteiger charge is 2.30. The van der Waals surface area contributed by atoms with E-state index in [0.717, 1.165) is 41.6 Å². The van der Waals surface area contributed by atoms with Gasteiger partial charge < -0.3 is 4.74 Å². The first-order valence-electron chi connectivity index (χ1n) is 13.6. The van der Waals surface area contributed by atoms with Gasteiger partial charge in [0.25, 0.3) is 0 Å². The Morgan fingerprint density at radius 2 is 1.51 bits per heavy atom. The van der Waals surface area contributed by atoms with Gasteiger partial charge in [-0.2, -0.15) is 13.2 Å². The maximum Gasteiger partial charge on any atom is 0.416 e. The van der Waals surface area contributed by atoms with E-state index in [0.29, 0.717) is 25.1 Å². The molecule has 0 saturated carbocycles. The van der Waals surface area contributed by atoms with Crippen molar-refractivity contribution < 1.29 is 35.5 Å². The van der Waals surface area contributed by atoms with Crippen LogP contribution in [0.1, 0.15) is 45.0 Å². The van der Waals surface area contributed by atoms with Crippen LogP contribution in [-0.2, 0) is 22.6 Å². The van der Waals surface area contributed by atoms with Crippen LogP contribution in [-0.4, -0.2) is 45.6 Å². The molecule has 4 rings (SSSR count). The number of halogens is 4. The number of hydrogen-bond donors (Lipinski definition) is 0. The van der Waals surface area contributed by atoms with Crippen molar-refractivity contribution in [3.8, 4) is 5.75 Å². The molecule has 226 valence electrons. The van der Waals surface area contributed by atoms with Crippen LogP contribution in [0.5, 0.6) is 5.75 Å². The second-order valence-corrected chi connectivity index (χ2v) is 12.2. The van der Waals surface area contributed by atoms with Gasteiger partial charge in [-0.3, -0.25) is 9.69 Å². The zero-order valence-corrected chi connectivity index (χ0v) is 24.2. The molecule has 0 atom stereocenters. The van der Waals surface area contributed by atoms with E-state index >= 15 is 0 Å². The summed E-state index contributed by atoms with van der Waals surface area (Å²) in [6.45, 7) is 1.22. The van der Waals surface area contributed by atoms with E-state index in [1.165, 1.54) is 6.07 Å². The first kappa shape index (κ1) is 31.9. The predicted molar refractivity (Wildman–Crippen MR) is 156 cm³/mol. The summed E-state index contributed by atoms with van der Waals surface area (Å²) in [7, 11) is -3.89. The third-order valence-electron chi connectivity index (χ3n) is 6.97. The number of benzene rings is 4. The highest BCUT2D eigenvalue weighted by atomic mass is 32.2. The van der Waals surface area contributed by atoms with Gasteiger partial charge in [-0.1, -0.05) is 78.9 Å². The first-order valence-corrected chi connectivity index (χ1v) is 15.4. The fourth-order valence-electron chi connectivity index (χ4n) is 4.92. The lowest BCUT2D eigenvalue weighted by Crippen LogP contribution is -2.31. The van der Waals surface area contributed by atoms with Crippen molar-refractivity contribution in [3.05, 3.63) is 131 Å². The summed E-state index contributed by atoms with van der Waals surface area (Å²) in [5.41, 5.74) is 1.32. The molecule has 0 bridgehead atoms. The lowest BCUT2D eigenvalue weighted by Gasteiger charge is -2.29. The van der Waals surface area contributed by atoms with Crippen LogP contribution < -0.4 is 4.74 Å². The van der Waals surface area contributed by atoms with Crippen molar-refractivity contribution in [1.29, 1.82) is 0 Å². The van der Waals surface area contributed by atoms with Crippen molar-refractivity contribution in [2.75, 3.05) is 26.0 Å². The fourth-order valence-corrected chi connectivity index (χ4v) is 5.80. The Bertz CT molecular complexity index is 1590. The van der Waals surface area contributed by atoms with E-state index in [-0.39, 0.29) is 31.1 Å². The summed E-state index contributed by atoms with van der Waals surface area (Å²) in [4.78, 5) is 12.8. The number of rotatable bonds is 13. The number of ether oxygens (including phenoxy) is 1. The van der Waals surface area contributed by atoms with Crippen molar-refractivity contribution in [3.63, 3.8) is 0 Å². The molecule has 0 aromatic heterocycles. The van der Waals surface area contributed by atoms with Gasteiger partial charge in [0.2, 0.25) is 0 Å². The van der Waals surface area contributed by atoms with Gasteiger partial charge in [0.05, 0.1) is 22.6 Å². The van der Waals surface area contributed by atoms with Gasteiger partial charge >= 0.3 is 6.18 Å². The highest BCUT2D eigenvalue weighted by molar-refractivity contribution is 7.90. The van der Waals surface area contributed by atoms with Crippen LogP contribution in [0.3, 0.4) is 0 Å². The first-order chi connectivity index (χ1) is 20.5. The number of alkyl halides is 3. The maximum atomic E-state index is 14.4. The van der Waals surface area contributed by atoms with E-state index < -0.39 is 37.9 Å². The molecule has 0 aliphatic heterocycles. The lowest BCUT2D eigenvalue weighted by atomic mass is 9.90. The smallest absolute Gasteiger partial charge is 0.416 e. The molecule has 5 nitrogen and oxygen atoms in total. The third kappa shape index (κ3) is 8.75. The average Bonchev–Trinajstić information content (AvgIpc) is 2.97. The van der Waals surface area contributed by atoms with Crippen LogP contribution in [0.4, 0.5) is 17.6 Å². The van der Waals surface area contributed by atoms with E-state index in [4.69, 9.17) is 4.74 Å². The van der Waals surface area contributed by atoms with E-state index in [2.05, 4.69) is 0 Å². The van der Waals surface area contributed by atoms with Gasteiger partial charge in [-0.05, 0) is 35.2 Å². The summed E-state index contributed by atoms with van der Waals surface area (Å²) < 4.78 is 84.5. The van der Waals surface area contributed by atoms with Gasteiger partial charge in [0.1, 0.15) is 11.6 Å². The number of nitrogens with zero attached hydrogens (tertiary/aromatic N) is 1. The molecular weight excluding hydrogens is 582 g/mol. The molecule has 0 amide bonds. The number of aldehydes is 1. The van der Waals surface area contributed by atoms with E-state index in [1.54, 1.807) is 6.07 Å². The molecule has 0 spiro atoms. The quantitative estimate of drug-likeness (QED) is 0.0910. The number of sulfone groups is 1. The van der Waals surface area contributed by atoms with Gasteiger partial charge in [-0.25, -0.2) is 12.8 Å². The molecule has 0 aliphatic carbocycles. The Kier molecular flexibility index (Phi) is 10.4. The summed E-state index contributed by atoms with van der Waals surface area (Å²) in [6.07, 6.45) is -3.04. The standard InChI is InChI=1S/C33H31F4NO4S/c1-43(40,41)32-20-28(19-31(34)30(32)23-39)42-17-9-16-38(21-24-10-8-15-27(18-24)33(35,36)37)22-29(25-11-4-2-5-12-25)26-13-6-3-7-14-26/h2-8,10-15,18-20,23,29H,9,16-17,21-22H2,1H3. The molecule has 43 heavy (non-hydrogen) atoms. The molecule has 0 unspecified atom stereocenters. The fraction of sp³-hybridized carbons (Fsp3) is 0.242. The van der Waals surface area contributed by atoms with Gasteiger partial charge in [0, 0.05) is 37.9 Å². The minimum Gasteiger partial charge on any atom is -0.493 e. The van der Waals surface area contributed by atoms with Crippen LogP contribution in [0.2, 0.25) is 0 Å². The van der Waals surface area contributed by atoms with Crippen LogP contribution in [0.15, 0.2) is 102 Å². The van der Waals surface area contributed by atoms with E-state index in [9.17, 15) is 30.8 Å². The second-order valence-electron chi connectivity index (χ2n) is 10.2. The van der Waals surface area contributed by atoms with E-state index in [1.807, 2.05) is 65.6 Å². The topological polar surface area (TPSA) is 63.7 Å². The molecule has 0 radical (unpaired) electrons. The van der Waals surface area contributed by atoms with Crippen LogP contribution in [0.25, 0.3) is 0 Å². The molecule has 10 heteroatoms. The lowest BCUT2D eigenvalue weighted by molar-refractivity contribution is -0.137. The molecule has 0 heterocycles. The van der Waals surface area contributed by atoms with Crippen LogP contribution in [0, 0.1) is 5.82 Å². The molecule has 4 aromatic carbocycles. The molecule has 4 aromatic rings. The Labute approximate surface area is 248 Å². The van der Waals surface area contributed by atoms with Crippen molar-refractivity contribution in [1.82, 2.24) is 4.90 Å². The predicted octanol–water partition coefficient (Wildman–Crippen LogP) is 7.16. The molecular formula is C33H31F4NO4S. The molecule has 0 N–H and O–H groups in total. The van der Waals surface area contributed by atoms with Crippen LogP contribution >= 0.6 is 0 Å². The average molecular weight is 614 g/mol. The van der Waals surface area contributed by atoms with Crippen molar-refractivity contribution >= 4 is 16.1 Å². The minimum atomic E-state index is -4.47. The highest BCUT2D eigenvalue weighted by Crippen LogP contribution is 2.31. The Morgan fingerprint density at radius 1 is 0.884 bits per heavy atom. The monoisotopic (exact) mass is 613 g/mol. The largest absolute Gasteiger partial charge is 0.493 e. The molecule has 0 fully saturated rings. The molecule has 0 saturated heterocycles. The Hall–Kier alpha value is -4.02. The normalized spacial score (nSPS) is 12.1. The van der Waals surface area contributed by atoms with Crippen molar-refractivity contribution in [2.45, 2.75) is 30.0 Å². The minimum absolute atomic E-state index is 0.0422. The summed E-state index contributed by atoms with van der Waals surface area (Å²) in [6, 6.07) is 27.0. The number of carbonyl (C=O) groups excluding carboxylic acids is 1. The maximum absolute atomic E-state index is 14.4.